The number of nitrogens with two attached hydrogens (primary N) is 1. The molecule has 4 unspecified atom stereocenters. The number of rotatable bonds is 8. The molecule has 1 saturated heterocycles. The molecule has 0 amide bonds. The Morgan fingerprint density at radius 2 is 1.82 bits per heavy atom. The van der Waals surface area contributed by atoms with Gasteiger partial charge in [0.25, 0.3) is 0 Å². The van der Waals surface area contributed by atoms with Crippen LogP contribution in [0.3, 0.4) is 0 Å². The zero-order valence-electron chi connectivity index (χ0n) is 19.3. The number of anilines is 1. The number of nitrogen functional groups attached to an aromatic ring is 1. The molecule has 1 aromatic heterocycles. The highest BCUT2D eigenvalue weighted by molar-refractivity contribution is 5.41. The van der Waals surface area contributed by atoms with Gasteiger partial charge in [-0.15, -0.1) is 0 Å². The van der Waals surface area contributed by atoms with Crippen LogP contribution in [0.1, 0.15) is 41.7 Å². The largest absolute Gasteiger partial charge is 0.399 e. The molecule has 0 saturated carbocycles. The summed E-state index contributed by atoms with van der Waals surface area (Å²) in [6.07, 6.45) is 2.07. The Kier molecular flexibility index (Phi) is 7.73. The molecule has 0 aliphatic carbocycles. The van der Waals surface area contributed by atoms with Crippen LogP contribution in [0.25, 0.3) is 0 Å². The van der Waals surface area contributed by atoms with E-state index >= 15 is 0 Å². The van der Waals surface area contributed by atoms with Gasteiger partial charge in [0.15, 0.2) is 6.29 Å². The quantitative estimate of drug-likeness (QED) is 0.506. The van der Waals surface area contributed by atoms with Crippen molar-refractivity contribution in [2.75, 3.05) is 25.9 Å². The standard InChI is InChI=1S/C27H33N3O3/c1-19-25(17-30(2)15-13-24-8-3-4-14-29-24)32-27(22-6-5-7-23(28)16-22)33-26(19)21-11-9-20(18-31)10-12-21/h3-12,14,16,19,25-27,31H,13,15,17-18,28H2,1-2H3. The summed E-state index contributed by atoms with van der Waals surface area (Å²) in [6.45, 7) is 3.88. The molecule has 2 heterocycles. The van der Waals surface area contributed by atoms with E-state index in [0.29, 0.717) is 5.69 Å². The highest BCUT2D eigenvalue weighted by atomic mass is 16.7. The molecule has 1 fully saturated rings. The third kappa shape index (κ3) is 5.97. The number of aromatic nitrogens is 1. The highest BCUT2D eigenvalue weighted by Crippen LogP contribution is 2.42. The average molecular weight is 448 g/mol. The molecule has 0 bridgehead atoms. The van der Waals surface area contributed by atoms with Gasteiger partial charge in [-0.05, 0) is 42.4 Å². The minimum Gasteiger partial charge on any atom is -0.399 e. The monoisotopic (exact) mass is 447 g/mol. The van der Waals surface area contributed by atoms with Crippen molar-refractivity contribution in [1.82, 2.24) is 9.88 Å². The second-order valence-electron chi connectivity index (χ2n) is 8.83. The van der Waals surface area contributed by atoms with Crippen LogP contribution in [-0.4, -0.2) is 41.2 Å². The zero-order valence-corrected chi connectivity index (χ0v) is 19.3. The smallest absolute Gasteiger partial charge is 0.185 e. The van der Waals surface area contributed by atoms with Crippen LogP contribution in [-0.2, 0) is 22.5 Å². The molecule has 1 aliphatic heterocycles. The lowest BCUT2D eigenvalue weighted by Gasteiger charge is -2.42. The second kappa shape index (κ2) is 10.9. The lowest BCUT2D eigenvalue weighted by Crippen LogP contribution is -2.43. The fourth-order valence-electron chi connectivity index (χ4n) is 4.28. The van der Waals surface area contributed by atoms with Crippen molar-refractivity contribution in [3.63, 3.8) is 0 Å². The zero-order chi connectivity index (χ0) is 23.2. The fraction of sp³-hybridized carbons (Fsp3) is 0.370. The van der Waals surface area contributed by atoms with E-state index in [0.717, 1.165) is 41.9 Å². The molecule has 6 heteroatoms. The summed E-state index contributed by atoms with van der Waals surface area (Å²) in [5.41, 5.74) is 10.7. The summed E-state index contributed by atoms with van der Waals surface area (Å²) in [4.78, 5) is 6.73. The summed E-state index contributed by atoms with van der Waals surface area (Å²) in [5, 5.41) is 9.41. The van der Waals surface area contributed by atoms with Crippen LogP contribution in [0, 0.1) is 5.92 Å². The van der Waals surface area contributed by atoms with Crippen molar-refractivity contribution >= 4 is 5.69 Å². The highest BCUT2D eigenvalue weighted by Gasteiger charge is 2.38. The maximum absolute atomic E-state index is 9.41. The van der Waals surface area contributed by atoms with E-state index in [-0.39, 0.29) is 24.7 Å². The summed E-state index contributed by atoms with van der Waals surface area (Å²) in [7, 11) is 2.12. The first kappa shape index (κ1) is 23.4. The van der Waals surface area contributed by atoms with Gasteiger partial charge in [0.1, 0.15) is 0 Å². The Morgan fingerprint density at radius 3 is 2.52 bits per heavy atom. The molecule has 4 rings (SSSR count). The van der Waals surface area contributed by atoms with Crippen molar-refractivity contribution in [3.8, 4) is 0 Å². The number of aliphatic hydroxyl groups is 1. The van der Waals surface area contributed by atoms with Gasteiger partial charge in [0.2, 0.25) is 0 Å². The van der Waals surface area contributed by atoms with Crippen molar-refractivity contribution in [3.05, 3.63) is 95.3 Å². The molecule has 33 heavy (non-hydrogen) atoms. The lowest BCUT2D eigenvalue weighted by atomic mass is 9.90. The third-order valence-electron chi connectivity index (χ3n) is 6.27. The number of benzene rings is 2. The summed E-state index contributed by atoms with van der Waals surface area (Å²) in [5.74, 6) is 0.139. The topological polar surface area (TPSA) is 80.8 Å². The van der Waals surface area contributed by atoms with E-state index in [4.69, 9.17) is 15.2 Å². The van der Waals surface area contributed by atoms with E-state index in [9.17, 15) is 5.11 Å². The van der Waals surface area contributed by atoms with Gasteiger partial charge in [-0.3, -0.25) is 4.98 Å². The minimum atomic E-state index is -0.499. The van der Waals surface area contributed by atoms with E-state index in [1.165, 1.54) is 0 Å². The van der Waals surface area contributed by atoms with Crippen molar-refractivity contribution < 1.29 is 14.6 Å². The van der Waals surface area contributed by atoms with Crippen molar-refractivity contribution in [2.24, 2.45) is 5.92 Å². The predicted molar refractivity (Wildman–Crippen MR) is 129 cm³/mol. The third-order valence-corrected chi connectivity index (χ3v) is 6.27. The van der Waals surface area contributed by atoms with Gasteiger partial charge in [0.05, 0.1) is 18.8 Å². The molecule has 6 nitrogen and oxygen atoms in total. The average Bonchev–Trinajstić information content (AvgIpc) is 2.85. The number of pyridine rings is 1. The van der Waals surface area contributed by atoms with E-state index in [1.807, 2.05) is 66.9 Å². The lowest BCUT2D eigenvalue weighted by molar-refractivity contribution is -0.275. The van der Waals surface area contributed by atoms with Gasteiger partial charge in [-0.2, -0.15) is 0 Å². The predicted octanol–water partition coefficient (Wildman–Crippen LogP) is 4.12. The molecular weight excluding hydrogens is 414 g/mol. The first-order chi connectivity index (χ1) is 16.0. The van der Waals surface area contributed by atoms with Gasteiger partial charge in [-0.1, -0.05) is 49.4 Å². The van der Waals surface area contributed by atoms with Gasteiger partial charge < -0.3 is 25.2 Å². The SMILES string of the molecule is CC1C(CN(C)CCc2ccccn2)OC(c2cccc(N)c2)OC1c1ccc(CO)cc1. The van der Waals surface area contributed by atoms with Crippen LogP contribution >= 0.6 is 0 Å². The number of hydrogen-bond donors (Lipinski definition) is 2. The Balaban J connectivity index is 1.52. The van der Waals surface area contributed by atoms with Crippen LogP contribution in [0.4, 0.5) is 5.69 Å². The number of ether oxygens (including phenoxy) is 2. The molecule has 2 aromatic carbocycles. The molecule has 3 N–H and O–H groups in total. The molecule has 174 valence electrons. The normalized spacial score (nSPS) is 23.0. The molecule has 4 atom stereocenters. The van der Waals surface area contributed by atoms with E-state index in [1.54, 1.807) is 0 Å². The summed E-state index contributed by atoms with van der Waals surface area (Å²) >= 11 is 0. The minimum absolute atomic E-state index is 0.0265. The van der Waals surface area contributed by atoms with Gasteiger partial charge >= 0.3 is 0 Å². The van der Waals surface area contributed by atoms with Crippen LogP contribution in [0.2, 0.25) is 0 Å². The molecule has 1 aliphatic rings. The Labute approximate surface area is 196 Å². The summed E-state index contributed by atoms with van der Waals surface area (Å²) < 4.78 is 13.0. The number of hydrogen-bond acceptors (Lipinski definition) is 6. The maximum atomic E-state index is 9.41. The Morgan fingerprint density at radius 1 is 1.00 bits per heavy atom. The fourth-order valence-corrected chi connectivity index (χ4v) is 4.28. The van der Waals surface area contributed by atoms with Gasteiger partial charge in [-0.25, -0.2) is 0 Å². The van der Waals surface area contributed by atoms with Crippen LogP contribution in [0.15, 0.2) is 72.9 Å². The van der Waals surface area contributed by atoms with Crippen LogP contribution in [0.5, 0.6) is 0 Å². The number of likely N-dealkylation sites (N-methyl/N-ethyl adjacent to an activating group) is 1. The Hall–Kier alpha value is -2.77. The first-order valence-corrected chi connectivity index (χ1v) is 11.5. The van der Waals surface area contributed by atoms with Gasteiger partial charge in [0, 0.05) is 48.6 Å². The number of nitrogens with zero attached hydrogens (tertiary/aromatic N) is 2. The maximum Gasteiger partial charge on any atom is 0.185 e. The molecular formula is C27H33N3O3. The summed E-state index contributed by atoms with van der Waals surface area (Å²) in [6, 6.07) is 21.7. The molecule has 3 aromatic rings. The van der Waals surface area contributed by atoms with E-state index in [2.05, 4.69) is 29.9 Å². The number of aliphatic hydroxyl groups excluding tert-OH is 1. The van der Waals surface area contributed by atoms with Crippen molar-refractivity contribution in [2.45, 2.75) is 38.4 Å². The Bertz CT molecular complexity index is 1010. The van der Waals surface area contributed by atoms with Crippen LogP contribution < -0.4 is 5.73 Å². The van der Waals surface area contributed by atoms with Crippen molar-refractivity contribution in [1.29, 1.82) is 0 Å². The molecule has 0 radical (unpaired) electrons. The molecule has 0 spiro atoms. The second-order valence-corrected chi connectivity index (χ2v) is 8.83. The first-order valence-electron chi connectivity index (χ1n) is 11.5. The van der Waals surface area contributed by atoms with E-state index < -0.39 is 6.29 Å².